The van der Waals surface area contributed by atoms with Crippen molar-refractivity contribution in [3.63, 3.8) is 0 Å². The Morgan fingerprint density at radius 3 is 2.52 bits per heavy atom. The van der Waals surface area contributed by atoms with Gasteiger partial charge in [0.2, 0.25) is 0 Å². The van der Waals surface area contributed by atoms with Crippen LogP contribution < -0.4 is 5.32 Å². The van der Waals surface area contributed by atoms with Crippen LogP contribution in [-0.2, 0) is 14.3 Å². The Morgan fingerprint density at radius 1 is 1.15 bits per heavy atom. The van der Waals surface area contributed by atoms with Gasteiger partial charge in [0.25, 0.3) is 5.91 Å². The molecule has 7 heteroatoms. The molecule has 138 valence electrons. The lowest BCUT2D eigenvalue weighted by Gasteiger charge is -2.13. The van der Waals surface area contributed by atoms with Gasteiger partial charge in [-0.2, -0.15) is 5.26 Å². The third kappa shape index (κ3) is 6.24. The monoisotopic (exact) mass is 384 g/mol. The van der Waals surface area contributed by atoms with Crippen LogP contribution in [0.1, 0.15) is 35.7 Å². The minimum absolute atomic E-state index is 0.0288. The van der Waals surface area contributed by atoms with E-state index in [1.807, 2.05) is 6.07 Å². The number of rotatable bonds is 7. The maximum absolute atomic E-state index is 12.1. The quantitative estimate of drug-likeness (QED) is 0.579. The van der Waals surface area contributed by atoms with Gasteiger partial charge >= 0.3 is 5.97 Å². The number of nitrogens with one attached hydrogen (secondary N) is 1. The number of halogens is 1. The van der Waals surface area contributed by atoms with Crippen molar-refractivity contribution in [3.8, 4) is 6.07 Å². The topological polar surface area (TPSA) is 96.3 Å². The normalized spacial score (nSPS) is 11.1. The summed E-state index contributed by atoms with van der Waals surface area (Å²) in [6, 6.07) is 14.7. The van der Waals surface area contributed by atoms with Gasteiger partial charge in [-0.1, -0.05) is 17.7 Å². The molecule has 0 saturated heterocycles. The maximum Gasteiger partial charge on any atom is 0.307 e. The van der Waals surface area contributed by atoms with Crippen LogP contribution >= 0.6 is 11.6 Å². The fourth-order valence-corrected chi connectivity index (χ4v) is 2.34. The third-order valence-corrected chi connectivity index (χ3v) is 3.91. The number of esters is 1. The number of carbonyl (C=O) groups is 3. The Morgan fingerprint density at radius 2 is 1.85 bits per heavy atom. The van der Waals surface area contributed by atoms with E-state index in [-0.39, 0.29) is 18.6 Å². The van der Waals surface area contributed by atoms with Crippen LogP contribution in [-0.4, -0.2) is 23.8 Å². The molecule has 0 aliphatic carbocycles. The lowest BCUT2D eigenvalue weighted by atomic mass is 10.1. The first-order chi connectivity index (χ1) is 12.9. The molecule has 0 radical (unpaired) electrons. The lowest BCUT2D eigenvalue weighted by molar-refractivity contribution is -0.153. The van der Waals surface area contributed by atoms with Crippen molar-refractivity contribution in [1.82, 2.24) is 0 Å². The standard InChI is InChI=1S/C20H17ClN2O4/c1-13(20(26)23-17-4-2-3-14(11-17)12-22)27-19(25)10-9-18(24)15-5-7-16(21)8-6-15/h2-8,11,13H,9-10H2,1H3,(H,23,26)/t13-/m0/s1. The van der Waals surface area contributed by atoms with E-state index in [1.54, 1.807) is 42.5 Å². The molecule has 0 spiro atoms. The molecule has 0 unspecified atom stereocenters. The first-order valence-electron chi connectivity index (χ1n) is 8.18. The van der Waals surface area contributed by atoms with Crippen molar-refractivity contribution in [2.75, 3.05) is 5.32 Å². The summed E-state index contributed by atoms with van der Waals surface area (Å²) in [5.41, 5.74) is 1.29. The molecule has 0 heterocycles. The van der Waals surface area contributed by atoms with E-state index < -0.39 is 18.0 Å². The van der Waals surface area contributed by atoms with Crippen molar-refractivity contribution in [1.29, 1.82) is 5.26 Å². The third-order valence-electron chi connectivity index (χ3n) is 3.66. The molecule has 0 bridgehead atoms. The Kier molecular flexibility index (Phi) is 7.09. The van der Waals surface area contributed by atoms with E-state index in [9.17, 15) is 14.4 Å². The van der Waals surface area contributed by atoms with Gasteiger partial charge < -0.3 is 10.1 Å². The number of nitriles is 1. The smallest absolute Gasteiger partial charge is 0.307 e. The largest absolute Gasteiger partial charge is 0.453 e. The molecule has 2 rings (SSSR count). The van der Waals surface area contributed by atoms with Gasteiger partial charge in [-0.25, -0.2) is 0 Å². The second-order valence-corrected chi connectivity index (χ2v) is 6.18. The first kappa shape index (κ1) is 20.1. The molecule has 1 atom stereocenters. The van der Waals surface area contributed by atoms with Crippen LogP contribution in [0.2, 0.25) is 5.02 Å². The maximum atomic E-state index is 12.1. The fourth-order valence-electron chi connectivity index (χ4n) is 2.22. The molecule has 0 aromatic heterocycles. The Bertz CT molecular complexity index is 888. The van der Waals surface area contributed by atoms with Crippen molar-refractivity contribution in [2.24, 2.45) is 0 Å². The number of Topliss-reactive ketones (excluding diaryl/α,β-unsaturated/α-hetero) is 1. The molecule has 0 fully saturated rings. The number of hydrogen-bond acceptors (Lipinski definition) is 5. The lowest BCUT2D eigenvalue weighted by Crippen LogP contribution is -2.30. The molecule has 2 aromatic rings. The van der Waals surface area contributed by atoms with E-state index in [4.69, 9.17) is 21.6 Å². The molecule has 6 nitrogen and oxygen atoms in total. The van der Waals surface area contributed by atoms with Crippen LogP contribution in [0.3, 0.4) is 0 Å². The molecule has 0 aliphatic rings. The van der Waals surface area contributed by atoms with Gasteiger partial charge in [0.15, 0.2) is 11.9 Å². The van der Waals surface area contributed by atoms with E-state index in [0.717, 1.165) is 0 Å². The van der Waals surface area contributed by atoms with Gasteiger partial charge in [-0.15, -0.1) is 0 Å². The number of nitrogens with zero attached hydrogens (tertiary/aromatic N) is 1. The van der Waals surface area contributed by atoms with Crippen LogP contribution in [0.4, 0.5) is 5.69 Å². The second-order valence-electron chi connectivity index (χ2n) is 5.74. The fraction of sp³-hybridized carbons (Fsp3) is 0.200. The number of hydrogen-bond donors (Lipinski definition) is 1. The molecular formula is C20H17ClN2O4. The van der Waals surface area contributed by atoms with Crippen molar-refractivity contribution in [3.05, 3.63) is 64.7 Å². The molecule has 27 heavy (non-hydrogen) atoms. The Balaban J connectivity index is 1.82. The Hall–Kier alpha value is -3.17. The minimum atomic E-state index is -1.03. The number of ketones is 1. The van der Waals surface area contributed by atoms with Gasteiger partial charge in [-0.3, -0.25) is 14.4 Å². The summed E-state index contributed by atoms with van der Waals surface area (Å²) in [4.78, 5) is 36.0. The molecule has 1 N–H and O–H groups in total. The summed E-state index contributed by atoms with van der Waals surface area (Å²) in [6.07, 6.45) is -1.20. The zero-order valence-corrected chi connectivity index (χ0v) is 15.3. The van der Waals surface area contributed by atoms with Crippen molar-refractivity contribution in [2.45, 2.75) is 25.9 Å². The van der Waals surface area contributed by atoms with Crippen molar-refractivity contribution < 1.29 is 19.1 Å². The average molecular weight is 385 g/mol. The van der Waals surface area contributed by atoms with E-state index >= 15 is 0 Å². The number of ether oxygens (including phenoxy) is 1. The van der Waals surface area contributed by atoms with Crippen molar-refractivity contribution >= 4 is 34.9 Å². The summed E-state index contributed by atoms with van der Waals surface area (Å²) in [5, 5.41) is 11.9. The first-order valence-corrected chi connectivity index (χ1v) is 8.56. The highest BCUT2D eigenvalue weighted by Crippen LogP contribution is 2.13. The zero-order chi connectivity index (χ0) is 19.8. The van der Waals surface area contributed by atoms with Crippen LogP contribution in [0.5, 0.6) is 0 Å². The SMILES string of the molecule is C[C@H](OC(=O)CCC(=O)c1ccc(Cl)cc1)C(=O)Nc1cccc(C#N)c1. The summed E-state index contributed by atoms with van der Waals surface area (Å²) in [6.45, 7) is 1.43. The highest BCUT2D eigenvalue weighted by Gasteiger charge is 2.19. The van der Waals surface area contributed by atoms with Gasteiger partial charge in [0, 0.05) is 22.7 Å². The van der Waals surface area contributed by atoms with E-state index in [2.05, 4.69) is 5.32 Å². The summed E-state index contributed by atoms with van der Waals surface area (Å²) in [7, 11) is 0. The summed E-state index contributed by atoms with van der Waals surface area (Å²) in [5.74, 6) is -1.39. The predicted octanol–water partition coefficient (Wildman–Crippen LogP) is 3.74. The zero-order valence-electron chi connectivity index (χ0n) is 14.6. The highest BCUT2D eigenvalue weighted by molar-refractivity contribution is 6.30. The number of carbonyl (C=O) groups excluding carboxylic acids is 3. The minimum Gasteiger partial charge on any atom is -0.453 e. The average Bonchev–Trinajstić information content (AvgIpc) is 2.66. The molecular weight excluding hydrogens is 368 g/mol. The van der Waals surface area contributed by atoms with Crippen LogP contribution in [0.15, 0.2) is 48.5 Å². The van der Waals surface area contributed by atoms with Gasteiger partial charge in [0.1, 0.15) is 0 Å². The number of benzene rings is 2. The number of amides is 1. The highest BCUT2D eigenvalue weighted by atomic mass is 35.5. The molecule has 0 saturated carbocycles. The van der Waals surface area contributed by atoms with E-state index in [1.165, 1.54) is 13.0 Å². The van der Waals surface area contributed by atoms with E-state index in [0.29, 0.717) is 21.8 Å². The molecule has 1 amide bonds. The predicted molar refractivity (Wildman–Crippen MR) is 100 cm³/mol. The van der Waals surface area contributed by atoms with Gasteiger partial charge in [-0.05, 0) is 49.4 Å². The summed E-state index contributed by atoms with van der Waals surface area (Å²) < 4.78 is 5.06. The van der Waals surface area contributed by atoms with Crippen LogP contribution in [0.25, 0.3) is 0 Å². The molecule has 0 aliphatic heterocycles. The van der Waals surface area contributed by atoms with Gasteiger partial charge in [0.05, 0.1) is 18.1 Å². The second kappa shape index (κ2) is 9.51. The molecule has 2 aromatic carbocycles. The Labute approximate surface area is 161 Å². The summed E-state index contributed by atoms with van der Waals surface area (Å²) >= 11 is 5.77. The van der Waals surface area contributed by atoms with Crippen LogP contribution in [0, 0.1) is 11.3 Å². The number of anilines is 1.